The molecule has 2 unspecified atom stereocenters. The topological polar surface area (TPSA) is 63.4 Å². The van der Waals surface area contributed by atoms with E-state index in [4.69, 9.17) is 0 Å². The van der Waals surface area contributed by atoms with Gasteiger partial charge in [-0.3, -0.25) is 0 Å². The van der Waals surface area contributed by atoms with Crippen LogP contribution in [0.15, 0.2) is 23.3 Å². The van der Waals surface area contributed by atoms with Crippen LogP contribution in [0.1, 0.15) is 6.92 Å². The Morgan fingerprint density at radius 1 is 1.71 bits per heavy atom. The van der Waals surface area contributed by atoms with Gasteiger partial charge in [-0.15, -0.1) is 0 Å². The van der Waals surface area contributed by atoms with Crippen LogP contribution in [0.3, 0.4) is 0 Å². The molecule has 0 amide bonds. The van der Waals surface area contributed by atoms with Crippen LogP contribution in [0.2, 0.25) is 0 Å². The first-order valence-corrected chi connectivity index (χ1v) is 5.11. The van der Waals surface area contributed by atoms with E-state index < -0.39 is 12.1 Å². The fourth-order valence-corrected chi connectivity index (χ4v) is 2.70. The van der Waals surface area contributed by atoms with Crippen molar-refractivity contribution in [2.75, 3.05) is 0 Å². The van der Waals surface area contributed by atoms with Gasteiger partial charge in [-0.1, -0.05) is 11.8 Å². The molecule has 0 bridgehead atoms. The number of thioether (sulfide) groups is 1. The van der Waals surface area contributed by atoms with Gasteiger partial charge in [0.15, 0.2) is 5.71 Å². The molecule has 2 rings (SSSR count). The van der Waals surface area contributed by atoms with Crippen LogP contribution in [-0.4, -0.2) is 32.8 Å². The fraction of sp³-hybridized carbons (Fsp3) is 0.333. The van der Waals surface area contributed by atoms with Crippen molar-refractivity contribution in [2.24, 2.45) is 0 Å². The molecule has 74 valence electrons. The Labute approximate surface area is 85.2 Å². The highest BCUT2D eigenvalue weighted by Crippen LogP contribution is 2.31. The Morgan fingerprint density at radius 3 is 3.07 bits per heavy atom. The predicted octanol–water partition coefficient (Wildman–Crippen LogP) is -0.945. The Balaban J connectivity index is 2.45. The highest BCUT2D eigenvalue weighted by molar-refractivity contribution is 8.02. The molecule has 5 heteroatoms. The second-order valence-corrected chi connectivity index (χ2v) is 4.17. The summed E-state index contributed by atoms with van der Waals surface area (Å²) in [5.41, 5.74) is 0.932. The molecule has 1 N–H and O–H groups in total. The summed E-state index contributed by atoms with van der Waals surface area (Å²) in [6.07, 6.45) is 2.73. The lowest BCUT2D eigenvalue weighted by Crippen LogP contribution is -2.40. The molecule has 2 aliphatic heterocycles. The number of allylic oxidation sites excluding steroid dienone is 1. The van der Waals surface area contributed by atoms with Gasteiger partial charge in [-0.25, -0.2) is 0 Å². The second kappa shape index (κ2) is 3.25. The average Bonchev–Trinajstić information content (AvgIpc) is 2.56. The van der Waals surface area contributed by atoms with Crippen molar-refractivity contribution in [1.82, 2.24) is 0 Å². The van der Waals surface area contributed by atoms with E-state index in [2.05, 4.69) is 0 Å². The maximum Gasteiger partial charge on any atom is 0.238 e. The van der Waals surface area contributed by atoms with Gasteiger partial charge in [0, 0.05) is 13.0 Å². The molecule has 4 nitrogen and oxygen atoms in total. The lowest BCUT2D eigenvalue weighted by molar-refractivity contribution is -0.501. The average molecular weight is 211 g/mol. The van der Waals surface area contributed by atoms with Crippen LogP contribution in [0.25, 0.3) is 0 Å². The molecular formula is C9H9NO3S. The van der Waals surface area contributed by atoms with Crippen LogP contribution in [0, 0.1) is 0 Å². The molecule has 2 heterocycles. The molecule has 2 aliphatic rings. The minimum atomic E-state index is -1.21. The van der Waals surface area contributed by atoms with Crippen LogP contribution in [-0.2, 0) is 4.79 Å². The van der Waals surface area contributed by atoms with Crippen molar-refractivity contribution < 1.29 is 19.6 Å². The van der Waals surface area contributed by atoms with Gasteiger partial charge >= 0.3 is 0 Å². The minimum Gasteiger partial charge on any atom is -0.539 e. The maximum absolute atomic E-state index is 10.8. The number of hydrogen-bond acceptors (Lipinski definition) is 4. The van der Waals surface area contributed by atoms with Crippen molar-refractivity contribution in [3.63, 3.8) is 0 Å². The zero-order valence-corrected chi connectivity index (χ0v) is 8.32. The number of aliphatic hydroxyl groups excluding tert-OH is 1. The molecule has 2 atom stereocenters. The second-order valence-electron chi connectivity index (χ2n) is 3.18. The van der Waals surface area contributed by atoms with E-state index in [1.807, 2.05) is 0 Å². The van der Waals surface area contributed by atoms with Crippen molar-refractivity contribution in [2.45, 2.75) is 18.4 Å². The number of carboxylic acids is 1. The smallest absolute Gasteiger partial charge is 0.238 e. The Morgan fingerprint density at radius 2 is 2.43 bits per heavy atom. The third kappa shape index (κ3) is 1.29. The molecular weight excluding hydrogens is 202 g/mol. The summed E-state index contributed by atoms with van der Waals surface area (Å²) in [7, 11) is 0. The highest BCUT2D eigenvalue weighted by atomic mass is 32.2. The third-order valence-electron chi connectivity index (χ3n) is 2.25. The number of carbonyl (C=O) groups excluding carboxylic acids is 1. The van der Waals surface area contributed by atoms with Gasteiger partial charge in [-0.05, 0) is 6.08 Å². The first kappa shape index (κ1) is 9.48. The van der Waals surface area contributed by atoms with E-state index in [1.54, 1.807) is 23.7 Å². The van der Waals surface area contributed by atoms with Gasteiger partial charge in [-0.2, -0.15) is 4.58 Å². The Bertz CT molecular complexity index is 384. The molecule has 14 heavy (non-hydrogen) atoms. The van der Waals surface area contributed by atoms with Crippen LogP contribution in [0.5, 0.6) is 0 Å². The zero-order chi connectivity index (χ0) is 10.3. The highest BCUT2D eigenvalue weighted by Gasteiger charge is 2.40. The first-order chi connectivity index (χ1) is 6.61. The summed E-state index contributed by atoms with van der Waals surface area (Å²) in [6.45, 7) is 1.80. The number of aliphatic hydroxyl groups is 1. The summed E-state index contributed by atoms with van der Waals surface area (Å²) in [5.74, 6) is -1.21. The van der Waals surface area contributed by atoms with E-state index in [1.165, 1.54) is 17.2 Å². The molecule has 0 aliphatic carbocycles. The molecule has 0 aromatic rings. The summed E-state index contributed by atoms with van der Waals surface area (Å²) >= 11 is 1.30. The van der Waals surface area contributed by atoms with E-state index in [0.717, 1.165) is 5.71 Å². The summed E-state index contributed by atoms with van der Waals surface area (Å²) in [5, 5.41) is 21.6. The standard InChI is InChI=1S/C9H9NO3S/c1-5-2-3-7(11)8-10(5)6(4-14-8)9(12)13/h2-4,7-8,11H,1H3. The van der Waals surface area contributed by atoms with Gasteiger partial charge in [0.05, 0.1) is 5.41 Å². The number of nitrogens with zero attached hydrogens (tertiary/aromatic N) is 1. The summed E-state index contributed by atoms with van der Waals surface area (Å²) in [4.78, 5) is 10.8. The molecule has 0 aromatic carbocycles. The lowest BCUT2D eigenvalue weighted by Gasteiger charge is -2.17. The lowest BCUT2D eigenvalue weighted by atomic mass is 10.2. The summed E-state index contributed by atoms with van der Waals surface area (Å²) in [6, 6.07) is 0. The number of carbonyl (C=O) groups is 1. The number of hydrogen-bond donors (Lipinski definition) is 1. The normalized spacial score (nSPS) is 30.3. The van der Waals surface area contributed by atoms with Gasteiger partial charge in [0.1, 0.15) is 12.1 Å². The van der Waals surface area contributed by atoms with E-state index >= 15 is 0 Å². The van der Waals surface area contributed by atoms with Gasteiger partial charge in [0.25, 0.3) is 0 Å². The number of carboxylic acid groups (broad SMARTS) is 1. The van der Waals surface area contributed by atoms with E-state index in [9.17, 15) is 15.0 Å². The molecule has 0 fully saturated rings. The maximum atomic E-state index is 10.8. The molecule has 0 saturated heterocycles. The quantitative estimate of drug-likeness (QED) is 0.568. The largest absolute Gasteiger partial charge is 0.539 e. The van der Waals surface area contributed by atoms with E-state index in [-0.39, 0.29) is 11.1 Å². The molecule has 0 radical (unpaired) electrons. The van der Waals surface area contributed by atoms with E-state index in [0.29, 0.717) is 0 Å². The fourth-order valence-electron chi connectivity index (χ4n) is 1.57. The predicted molar refractivity (Wildman–Crippen MR) is 50.6 cm³/mol. The Kier molecular flexibility index (Phi) is 2.20. The SMILES string of the molecule is CC1=[N+]2C(C(=O)[O-])=CSC2C(O)C=C1. The monoisotopic (exact) mass is 211 g/mol. The van der Waals surface area contributed by atoms with Gasteiger partial charge < -0.3 is 15.0 Å². The van der Waals surface area contributed by atoms with Crippen LogP contribution >= 0.6 is 11.8 Å². The van der Waals surface area contributed by atoms with Crippen LogP contribution < -0.4 is 5.11 Å². The third-order valence-corrected chi connectivity index (χ3v) is 3.38. The number of fused-ring (bicyclic) bond motifs is 1. The van der Waals surface area contributed by atoms with Crippen molar-refractivity contribution in [3.05, 3.63) is 23.3 Å². The number of aliphatic carboxylic acids is 1. The summed E-state index contributed by atoms with van der Waals surface area (Å²) < 4.78 is 1.59. The van der Waals surface area contributed by atoms with Crippen molar-refractivity contribution in [1.29, 1.82) is 0 Å². The van der Waals surface area contributed by atoms with Crippen molar-refractivity contribution >= 4 is 23.4 Å². The zero-order valence-electron chi connectivity index (χ0n) is 7.51. The van der Waals surface area contributed by atoms with Crippen LogP contribution in [0.4, 0.5) is 0 Å². The number of rotatable bonds is 1. The Hall–Kier alpha value is -1.07. The van der Waals surface area contributed by atoms with Gasteiger partial charge in [0.2, 0.25) is 11.1 Å². The first-order valence-electron chi connectivity index (χ1n) is 4.17. The molecule has 0 spiro atoms. The molecule has 0 saturated carbocycles. The van der Waals surface area contributed by atoms with Crippen molar-refractivity contribution in [3.8, 4) is 0 Å². The molecule has 0 aromatic heterocycles. The minimum absolute atomic E-state index is 0.126.